The number of sulfone groups is 1. The maximum absolute atomic E-state index is 11.5. The standard InChI is InChI=1S/C10H22N2O4S/c1-9(2)12-10(13)8-17(14,15)7-5-11-4-6-16-3/h9,11H,4-8H2,1-3H3,(H,12,13). The van der Waals surface area contributed by atoms with Crippen molar-refractivity contribution in [1.29, 1.82) is 0 Å². The highest BCUT2D eigenvalue weighted by atomic mass is 32.2. The third-order valence-electron chi connectivity index (χ3n) is 1.87. The lowest BCUT2D eigenvalue weighted by atomic mass is 10.4. The predicted octanol–water partition coefficient (Wildman–Crippen LogP) is -0.838. The topological polar surface area (TPSA) is 84.5 Å². The van der Waals surface area contributed by atoms with Gasteiger partial charge in [-0.3, -0.25) is 4.79 Å². The highest BCUT2D eigenvalue weighted by Crippen LogP contribution is 1.90. The van der Waals surface area contributed by atoms with Crippen LogP contribution in [-0.2, 0) is 19.4 Å². The van der Waals surface area contributed by atoms with Gasteiger partial charge in [-0.2, -0.15) is 0 Å². The molecule has 0 aromatic heterocycles. The molecule has 102 valence electrons. The zero-order chi connectivity index (χ0) is 13.3. The minimum Gasteiger partial charge on any atom is -0.383 e. The summed E-state index contributed by atoms with van der Waals surface area (Å²) in [5.41, 5.74) is 0. The van der Waals surface area contributed by atoms with Gasteiger partial charge >= 0.3 is 0 Å². The Morgan fingerprint density at radius 3 is 2.47 bits per heavy atom. The Hall–Kier alpha value is -0.660. The van der Waals surface area contributed by atoms with E-state index in [1.165, 1.54) is 0 Å². The van der Waals surface area contributed by atoms with Crippen LogP contribution in [0.15, 0.2) is 0 Å². The zero-order valence-corrected chi connectivity index (χ0v) is 11.5. The van der Waals surface area contributed by atoms with E-state index in [-0.39, 0.29) is 11.8 Å². The van der Waals surface area contributed by atoms with Crippen LogP contribution in [0.5, 0.6) is 0 Å². The number of rotatable bonds is 9. The minimum atomic E-state index is -3.33. The number of amides is 1. The molecule has 7 heteroatoms. The SMILES string of the molecule is COCCNCCS(=O)(=O)CC(=O)NC(C)C. The van der Waals surface area contributed by atoms with Gasteiger partial charge in [0.1, 0.15) is 5.75 Å². The van der Waals surface area contributed by atoms with Crippen molar-refractivity contribution in [2.45, 2.75) is 19.9 Å². The van der Waals surface area contributed by atoms with Crippen LogP contribution >= 0.6 is 0 Å². The second-order valence-electron chi connectivity index (χ2n) is 4.06. The van der Waals surface area contributed by atoms with E-state index in [9.17, 15) is 13.2 Å². The number of carbonyl (C=O) groups is 1. The zero-order valence-electron chi connectivity index (χ0n) is 10.7. The van der Waals surface area contributed by atoms with Crippen LogP contribution in [0.2, 0.25) is 0 Å². The highest BCUT2D eigenvalue weighted by Gasteiger charge is 2.16. The van der Waals surface area contributed by atoms with Crippen molar-refractivity contribution in [1.82, 2.24) is 10.6 Å². The third-order valence-corrected chi connectivity index (χ3v) is 3.40. The second kappa shape index (κ2) is 8.43. The first-order valence-electron chi connectivity index (χ1n) is 5.57. The van der Waals surface area contributed by atoms with Crippen molar-refractivity contribution < 1.29 is 17.9 Å². The summed E-state index contributed by atoms with van der Waals surface area (Å²) in [4.78, 5) is 11.3. The Labute approximate surface area is 103 Å². The predicted molar refractivity (Wildman–Crippen MR) is 66.7 cm³/mol. The van der Waals surface area contributed by atoms with Gasteiger partial charge in [0.05, 0.1) is 12.4 Å². The lowest BCUT2D eigenvalue weighted by Crippen LogP contribution is -2.37. The average Bonchev–Trinajstić information content (AvgIpc) is 2.14. The first-order valence-corrected chi connectivity index (χ1v) is 7.39. The summed E-state index contributed by atoms with van der Waals surface area (Å²) in [6.45, 7) is 5.05. The van der Waals surface area contributed by atoms with E-state index in [1.54, 1.807) is 21.0 Å². The van der Waals surface area contributed by atoms with Crippen LogP contribution in [0.3, 0.4) is 0 Å². The number of methoxy groups -OCH3 is 1. The van der Waals surface area contributed by atoms with Crippen molar-refractivity contribution in [3.05, 3.63) is 0 Å². The molecular weight excluding hydrogens is 244 g/mol. The van der Waals surface area contributed by atoms with Gasteiger partial charge in [-0.15, -0.1) is 0 Å². The molecule has 0 unspecified atom stereocenters. The van der Waals surface area contributed by atoms with Gasteiger partial charge in [-0.05, 0) is 13.8 Å². The molecule has 0 aliphatic heterocycles. The third kappa shape index (κ3) is 10.2. The molecule has 17 heavy (non-hydrogen) atoms. The fourth-order valence-electron chi connectivity index (χ4n) is 1.16. The van der Waals surface area contributed by atoms with E-state index < -0.39 is 21.5 Å². The fourth-order valence-corrected chi connectivity index (χ4v) is 2.24. The Morgan fingerprint density at radius 2 is 1.94 bits per heavy atom. The molecule has 0 radical (unpaired) electrons. The van der Waals surface area contributed by atoms with Crippen LogP contribution in [0.4, 0.5) is 0 Å². The Morgan fingerprint density at radius 1 is 1.29 bits per heavy atom. The highest BCUT2D eigenvalue weighted by molar-refractivity contribution is 7.92. The van der Waals surface area contributed by atoms with Crippen LogP contribution in [0, 0.1) is 0 Å². The molecule has 0 saturated carbocycles. The summed E-state index contributed by atoms with van der Waals surface area (Å²) in [7, 11) is -1.75. The summed E-state index contributed by atoms with van der Waals surface area (Å²) in [5, 5.41) is 5.47. The van der Waals surface area contributed by atoms with Gasteiger partial charge in [0.25, 0.3) is 0 Å². The van der Waals surface area contributed by atoms with Gasteiger partial charge in [-0.1, -0.05) is 0 Å². The molecule has 0 saturated heterocycles. The number of ether oxygens (including phenoxy) is 1. The molecule has 0 heterocycles. The molecule has 0 spiro atoms. The lowest BCUT2D eigenvalue weighted by molar-refractivity contribution is -0.119. The Bertz CT molecular complexity index is 314. The fraction of sp³-hybridized carbons (Fsp3) is 0.900. The van der Waals surface area contributed by atoms with Gasteiger partial charge < -0.3 is 15.4 Å². The number of carbonyl (C=O) groups excluding carboxylic acids is 1. The first kappa shape index (κ1) is 16.3. The van der Waals surface area contributed by atoms with Gasteiger partial charge in [0.2, 0.25) is 5.91 Å². The Kier molecular flexibility index (Phi) is 8.11. The summed E-state index contributed by atoms with van der Waals surface area (Å²) in [5.74, 6) is -0.934. The largest absolute Gasteiger partial charge is 0.383 e. The van der Waals surface area contributed by atoms with E-state index in [0.717, 1.165) is 0 Å². The van der Waals surface area contributed by atoms with Crippen molar-refractivity contribution >= 4 is 15.7 Å². The van der Waals surface area contributed by atoms with Crippen molar-refractivity contribution in [3.8, 4) is 0 Å². The van der Waals surface area contributed by atoms with Gasteiger partial charge in [0, 0.05) is 26.2 Å². The maximum atomic E-state index is 11.5. The molecular formula is C10H22N2O4S. The molecule has 6 nitrogen and oxygen atoms in total. The van der Waals surface area contributed by atoms with Crippen molar-refractivity contribution in [3.63, 3.8) is 0 Å². The second-order valence-corrected chi connectivity index (χ2v) is 6.24. The van der Waals surface area contributed by atoms with Crippen LogP contribution in [0.25, 0.3) is 0 Å². The first-order chi connectivity index (χ1) is 7.87. The smallest absolute Gasteiger partial charge is 0.235 e. The Balaban J connectivity index is 3.84. The molecule has 1 amide bonds. The van der Waals surface area contributed by atoms with E-state index in [1.807, 2.05) is 0 Å². The number of hydrogen-bond acceptors (Lipinski definition) is 5. The molecule has 0 aromatic rings. The molecule has 0 atom stereocenters. The quantitative estimate of drug-likeness (QED) is 0.532. The van der Waals surface area contributed by atoms with E-state index in [0.29, 0.717) is 19.7 Å². The lowest BCUT2D eigenvalue weighted by Gasteiger charge is -2.09. The monoisotopic (exact) mass is 266 g/mol. The number of nitrogens with one attached hydrogen (secondary N) is 2. The molecule has 0 aliphatic rings. The normalized spacial score (nSPS) is 11.8. The van der Waals surface area contributed by atoms with Gasteiger partial charge in [-0.25, -0.2) is 8.42 Å². The van der Waals surface area contributed by atoms with E-state index in [2.05, 4.69) is 10.6 Å². The van der Waals surface area contributed by atoms with Crippen LogP contribution in [-0.4, -0.2) is 58.7 Å². The van der Waals surface area contributed by atoms with Crippen molar-refractivity contribution in [2.75, 3.05) is 38.3 Å². The summed E-state index contributed by atoms with van der Waals surface area (Å²) in [6, 6.07) is -0.0440. The number of hydrogen-bond donors (Lipinski definition) is 2. The average molecular weight is 266 g/mol. The van der Waals surface area contributed by atoms with Gasteiger partial charge in [0.15, 0.2) is 9.84 Å². The van der Waals surface area contributed by atoms with E-state index >= 15 is 0 Å². The van der Waals surface area contributed by atoms with E-state index in [4.69, 9.17) is 4.74 Å². The molecule has 0 aromatic carbocycles. The summed E-state index contributed by atoms with van der Waals surface area (Å²) >= 11 is 0. The molecule has 2 N–H and O–H groups in total. The molecule has 0 bridgehead atoms. The summed E-state index contributed by atoms with van der Waals surface area (Å²) < 4.78 is 27.9. The molecule has 0 rings (SSSR count). The molecule has 0 aliphatic carbocycles. The summed E-state index contributed by atoms with van der Waals surface area (Å²) in [6.07, 6.45) is 0. The minimum absolute atomic E-state index is 0.0395. The van der Waals surface area contributed by atoms with Crippen molar-refractivity contribution in [2.24, 2.45) is 0 Å². The molecule has 0 fully saturated rings. The van der Waals surface area contributed by atoms with Crippen LogP contribution in [0.1, 0.15) is 13.8 Å². The van der Waals surface area contributed by atoms with Crippen LogP contribution < -0.4 is 10.6 Å². The maximum Gasteiger partial charge on any atom is 0.235 e.